The first-order chi connectivity index (χ1) is 27.4. The van der Waals surface area contributed by atoms with E-state index in [1.807, 2.05) is 59.7 Å². The van der Waals surface area contributed by atoms with Gasteiger partial charge in [-0.05, 0) is 119 Å². The predicted molar refractivity (Wildman–Crippen MR) is 223 cm³/mol. The van der Waals surface area contributed by atoms with E-state index in [9.17, 15) is 39.6 Å². The summed E-state index contributed by atoms with van der Waals surface area (Å²) in [4.78, 5) is 66.1. The van der Waals surface area contributed by atoms with Gasteiger partial charge >= 0.3 is 22.8 Å². The van der Waals surface area contributed by atoms with Gasteiger partial charge in [0.15, 0.2) is 0 Å². The van der Waals surface area contributed by atoms with Gasteiger partial charge in [-0.3, -0.25) is 0 Å². The van der Waals surface area contributed by atoms with Crippen molar-refractivity contribution >= 4 is 91.8 Å². The summed E-state index contributed by atoms with van der Waals surface area (Å²) in [6, 6.07) is 5.20. The van der Waals surface area contributed by atoms with Crippen LogP contribution in [0.5, 0.6) is 0 Å². The average molecular weight is 887 g/mol. The number of thioether (sulfide) groups is 2. The van der Waals surface area contributed by atoms with Gasteiger partial charge < -0.3 is 61.0 Å². The van der Waals surface area contributed by atoms with E-state index >= 15 is 0 Å². The van der Waals surface area contributed by atoms with E-state index in [-0.39, 0.29) is 71.8 Å². The first-order valence-corrected chi connectivity index (χ1v) is 21.1. The van der Waals surface area contributed by atoms with Crippen LogP contribution < -0.4 is 41.9 Å². The van der Waals surface area contributed by atoms with Gasteiger partial charge in [0.05, 0.1) is 34.7 Å². The van der Waals surface area contributed by atoms with Crippen LogP contribution >= 0.6 is 23.5 Å². The van der Waals surface area contributed by atoms with Crippen LogP contribution in [-0.4, -0.2) is 62.7 Å². The van der Waals surface area contributed by atoms with Gasteiger partial charge in [-0.2, -0.15) is 23.5 Å². The third-order valence-electron chi connectivity index (χ3n) is 10.6. The molecule has 5 rings (SSSR count). The van der Waals surface area contributed by atoms with E-state index in [1.165, 1.54) is 11.8 Å². The largest absolute Gasteiger partial charge is 2.00 e. The normalized spacial score (nSPS) is 14.8. The van der Waals surface area contributed by atoms with Crippen molar-refractivity contribution in [2.75, 3.05) is 11.5 Å². The molecule has 0 amide bonds. The predicted octanol–water partition coefficient (Wildman–Crippen LogP) is 1.56. The molecule has 4 N–H and O–H groups in total. The zero-order valence-corrected chi connectivity index (χ0v) is 36.4. The number of allylic oxidation sites excluding steroid dienone is 3. The maximum atomic E-state index is 11.7. The fourth-order valence-corrected chi connectivity index (χ4v) is 9.68. The maximum absolute atomic E-state index is 11.7. The van der Waals surface area contributed by atoms with Gasteiger partial charge in [0.2, 0.25) is 0 Å². The Morgan fingerprint density at radius 1 is 0.661 bits per heavy atom. The molecule has 3 aromatic heterocycles. The van der Waals surface area contributed by atoms with Crippen molar-refractivity contribution in [1.82, 2.24) is 19.9 Å². The Morgan fingerprint density at radius 3 is 1.73 bits per heavy atom. The quantitative estimate of drug-likeness (QED) is 0.172. The molecular formula is C42H50FeN6O8S2. The van der Waals surface area contributed by atoms with E-state index in [1.54, 1.807) is 17.8 Å². The second kappa shape index (κ2) is 20.3. The van der Waals surface area contributed by atoms with Crippen LogP contribution in [0.3, 0.4) is 0 Å². The minimum Gasteiger partial charge on any atom is -0.657 e. The molecule has 5 heterocycles. The van der Waals surface area contributed by atoms with Crippen LogP contribution in [0.15, 0.2) is 24.3 Å². The van der Waals surface area contributed by atoms with Crippen LogP contribution in [-0.2, 0) is 42.7 Å². The van der Waals surface area contributed by atoms with Crippen molar-refractivity contribution < 1.29 is 62.4 Å². The first kappa shape index (κ1) is 47.3. The van der Waals surface area contributed by atoms with Crippen LogP contribution in [0.4, 0.5) is 0 Å². The van der Waals surface area contributed by atoms with Gasteiger partial charge in [0.25, 0.3) is 0 Å². The SMILES string of the molecule is CC1=C(CCC(=O)[O-])c2cc3[n-]c(cc4nc(cc5[n-]c(cc1n2)c(C)c5C(C)SCCC(N)C(=O)[O-])C(C)=C4C(C)SCCC(N)C(=O)[O-])c(C)c3CCC(=O)[O-].[Fe+2].[H+].[H+].[H+].[H+]. The van der Waals surface area contributed by atoms with E-state index in [0.29, 0.717) is 67.5 Å². The van der Waals surface area contributed by atoms with Crippen molar-refractivity contribution in [3.8, 4) is 0 Å². The van der Waals surface area contributed by atoms with Gasteiger partial charge in [0, 0.05) is 34.5 Å². The Hall–Kier alpha value is -4.38. The number of aromatic nitrogens is 4. The molecule has 2 aliphatic heterocycles. The molecule has 0 saturated carbocycles. The Labute approximate surface area is 367 Å². The van der Waals surface area contributed by atoms with Crippen molar-refractivity contribution in [1.29, 1.82) is 0 Å². The molecule has 4 atom stereocenters. The van der Waals surface area contributed by atoms with Crippen LogP contribution in [0, 0.1) is 13.8 Å². The maximum Gasteiger partial charge on any atom is 2.00 e. The number of fused-ring (bicyclic) bond motifs is 8. The summed E-state index contributed by atoms with van der Waals surface area (Å²) >= 11 is 3.07. The van der Waals surface area contributed by atoms with Gasteiger partial charge in [-0.15, -0.1) is 22.1 Å². The molecule has 2 aliphatic rings. The van der Waals surface area contributed by atoms with Crippen LogP contribution in [0.1, 0.15) is 116 Å². The van der Waals surface area contributed by atoms with Crippen molar-refractivity contribution in [2.45, 2.75) is 103 Å². The molecular weight excluding hydrogens is 836 g/mol. The van der Waals surface area contributed by atoms with E-state index in [2.05, 4.69) is 0 Å². The van der Waals surface area contributed by atoms with E-state index in [0.717, 1.165) is 33.4 Å². The fourth-order valence-electron chi connectivity index (χ4n) is 7.26. The number of nitrogens with zero attached hydrogens (tertiary/aromatic N) is 4. The van der Waals surface area contributed by atoms with E-state index < -0.39 is 36.0 Å². The Bertz CT molecular complexity index is 2390. The summed E-state index contributed by atoms with van der Waals surface area (Å²) in [6.07, 6.45) is 0.205. The standard InChI is InChI=1S/C42H52N6O8S2.Fe/c1-19-25(7-9-37(49)50)33-18-34-26(8-10-38(51)52)20(2)30(46-34)16-35-40(24(6)58-14-12-28(44)42(55)56)22(4)32(48-35)17-36-39(21(3)31(47-36)15-29(19)45-33)23(5)57-13-11-27(43)41(53)54;/h15-18,23-24,27-28H,7-14,43-44H2,1-6H3,(H6,45,46,47,48,49,50,51,52,53,54,55,56);/q;+2/p-2. The summed E-state index contributed by atoms with van der Waals surface area (Å²) in [5.41, 5.74) is 22.6. The Kier molecular flexibility index (Phi) is 16.2. The van der Waals surface area contributed by atoms with Crippen molar-refractivity contribution in [3.63, 3.8) is 0 Å². The number of nitrogens with two attached hydrogens (primary N) is 2. The van der Waals surface area contributed by atoms with E-state index in [4.69, 9.17) is 31.4 Å². The second-order valence-electron chi connectivity index (χ2n) is 14.6. The number of carbonyl (C=O) groups is 4. The molecule has 0 saturated heterocycles. The third-order valence-corrected chi connectivity index (χ3v) is 13.1. The minimum absolute atomic E-state index is 0. The number of aryl methyl sites for hydroxylation is 3. The molecule has 0 aromatic carbocycles. The molecule has 0 fully saturated rings. The summed E-state index contributed by atoms with van der Waals surface area (Å²) < 4.78 is 0. The molecule has 3 aromatic rings. The molecule has 59 heavy (non-hydrogen) atoms. The number of carboxylic acids is 4. The fraction of sp³-hybridized carbons (Fsp3) is 0.429. The zero-order valence-electron chi connectivity index (χ0n) is 37.7. The number of aliphatic carboxylic acids is 4. The summed E-state index contributed by atoms with van der Waals surface area (Å²) in [5.74, 6) is -4.16. The monoisotopic (exact) mass is 886 g/mol. The smallest absolute Gasteiger partial charge is 0.657 e. The summed E-state index contributed by atoms with van der Waals surface area (Å²) in [5, 5.41) is 45.6. The number of hydrogen-bond acceptors (Lipinski definition) is 14. The van der Waals surface area contributed by atoms with Crippen LogP contribution in [0.25, 0.3) is 44.4 Å². The first-order valence-electron chi connectivity index (χ1n) is 19.0. The molecule has 14 nitrogen and oxygen atoms in total. The number of carboxylic acid groups (broad SMARTS) is 4. The minimum atomic E-state index is -1.32. The topological polar surface area (TPSA) is 267 Å². The molecule has 0 aliphatic carbocycles. The van der Waals surface area contributed by atoms with Crippen molar-refractivity contribution in [2.24, 2.45) is 11.5 Å². The molecule has 8 bridgehead atoms. The Morgan fingerprint density at radius 2 is 1.14 bits per heavy atom. The third kappa shape index (κ3) is 11.1. The molecule has 0 spiro atoms. The number of carbonyl (C=O) groups excluding carboxylic acids is 4. The zero-order chi connectivity index (χ0) is 42.6. The number of rotatable bonds is 18. The van der Waals surface area contributed by atoms with Gasteiger partial charge in [0.1, 0.15) is 0 Å². The Balaban J connectivity index is 0.00000769. The van der Waals surface area contributed by atoms with Gasteiger partial charge in [-0.25, -0.2) is 9.97 Å². The molecule has 4 unspecified atom stereocenters. The molecule has 316 valence electrons. The summed E-state index contributed by atoms with van der Waals surface area (Å²) in [6.45, 7) is 11.7. The summed E-state index contributed by atoms with van der Waals surface area (Å²) in [7, 11) is 0. The van der Waals surface area contributed by atoms with Crippen LogP contribution in [0.2, 0.25) is 0 Å². The molecule has 0 radical (unpaired) electrons. The van der Waals surface area contributed by atoms with Gasteiger partial charge in [-0.1, -0.05) is 41.0 Å². The second-order valence-corrected chi connectivity index (χ2v) is 17.5. The number of hydrogen-bond donors (Lipinski definition) is 2. The molecule has 17 heteroatoms. The van der Waals surface area contributed by atoms with Crippen molar-refractivity contribution in [3.05, 3.63) is 69.3 Å². The average Bonchev–Trinajstić information content (AvgIpc) is 3.82.